The molecule has 1 heterocycles. The largest absolute Gasteiger partial charge is 0.399 e. The molecule has 1 aromatic carbocycles. The van der Waals surface area contributed by atoms with Crippen LogP contribution in [0.2, 0.25) is 5.02 Å². The van der Waals surface area contributed by atoms with Gasteiger partial charge in [-0.15, -0.1) is 0 Å². The zero-order valence-corrected chi connectivity index (χ0v) is 10.0. The highest BCUT2D eigenvalue weighted by Gasteiger charge is 2.18. The molecule has 0 aliphatic carbocycles. The quantitative estimate of drug-likeness (QED) is 0.798. The van der Waals surface area contributed by atoms with Crippen molar-refractivity contribution in [2.75, 3.05) is 5.73 Å². The lowest BCUT2D eigenvalue weighted by molar-refractivity contribution is 0.558. The number of nitrogens with two attached hydrogens (primary N) is 1. The third kappa shape index (κ3) is 1.86. The topological polar surface area (TPSA) is 43.8 Å². The maximum absolute atomic E-state index is 13.7. The Hall–Kier alpha value is -1.62. The van der Waals surface area contributed by atoms with E-state index >= 15 is 0 Å². The Kier molecular flexibility index (Phi) is 2.79. The first-order valence-corrected chi connectivity index (χ1v) is 5.26. The van der Waals surface area contributed by atoms with Gasteiger partial charge in [-0.05, 0) is 26.0 Å². The van der Waals surface area contributed by atoms with Crippen molar-refractivity contribution in [1.82, 2.24) is 9.78 Å². The van der Waals surface area contributed by atoms with E-state index in [1.54, 1.807) is 13.8 Å². The molecule has 2 rings (SSSR count). The Bertz CT molecular complexity index is 570. The fourth-order valence-corrected chi connectivity index (χ4v) is 1.75. The van der Waals surface area contributed by atoms with Crippen molar-refractivity contribution in [1.29, 1.82) is 0 Å². The number of hydrogen-bond acceptors (Lipinski definition) is 2. The van der Waals surface area contributed by atoms with E-state index in [0.717, 1.165) is 16.8 Å². The average molecular weight is 258 g/mol. The fourth-order valence-electron chi connectivity index (χ4n) is 1.63. The van der Waals surface area contributed by atoms with Gasteiger partial charge in [0, 0.05) is 5.69 Å². The zero-order chi connectivity index (χ0) is 12.7. The van der Waals surface area contributed by atoms with Gasteiger partial charge in [0.2, 0.25) is 0 Å². The lowest BCUT2D eigenvalue weighted by Gasteiger charge is -2.08. The number of aromatic nitrogens is 2. The molecule has 0 fully saturated rings. The van der Waals surface area contributed by atoms with Crippen molar-refractivity contribution < 1.29 is 8.78 Å². The first kappa shape index (κ1) is 11.9. The molecule has 0 atom stereocenters. The van der Waals surface area contributed by atoms with E-state index in [0.29, 0.717) is 16.4 Å². The summed E-state index contributed by atoms with van der Waals surface area (Å²) >= 11 is 5.93. The van der Waals surface area contributed by atoms with Crippen LogP contribution >= 0.6 is 11.6 Å². The predicted octanol–water partition coefficient (Wildman–Crippen LogP) is 3.00. The molecule has 2 N–H and O–H groups in total. The number of nitrogen functional groups attached to an aromatic ring is 1. The van der Waals surface area contributed by atoms with Crippen LogP contribution in [0.1, 0.15) is 11.4 Å². The first-order chi connectivity index (χ1) is 7.91. The van der Waals surface area contributed by atoms with Gasteiger partial charge in [-0.25, -0.2) is 13.5 Å². The molecule has 0 bridgehead atoms. The number of nitrogens with zero attached hydrogens (tertiary/aromatic N) is 2. The maximum Gasteiger partial charge on any atom is 0.153 e. The van der Waals surface area contributed by atoms with E-state index in [1.807, 2.05) is 0 Å². The number of rotatable bonds is 1. The summed E-state index contributed by atoms with van der Waals surface area (Å²) in [5.74, 6) is -1.55. The molecular formula is C11H10ClF2N3. The summed E-state index contributed by atoms with van der Waals surface area (Å²) in [6, 6.07) is 2.09. The van der Waals surface area contributed by atoms with Gasteiger partial charge in [0.15, 0.2) is 11.6 Å². The molecule has 0 spiro atoms. The van der Waals surface area contributed by atoms with Crippen molar-refractivity contribution in [3.8, 4) is 5.69 Å². The molecule has 6 heteroatoms. The summed E-state index contributed by atoms with van der Waals surface area (Å²) in [6.45, 7) is 3.30. The van der Waals surface area contributed by atoms with Gasteiger partial charge in [0.25, 0.3) is 0 Å². The molecule has 17 heavy (non-hydrogen) atoms. The third-order valence-corrected chi connectivity index (χ3v) is 3.00. The Labute approximate surface area is 102 Å². The molecule has 0 unspecified atom stereocenters. The summed E-state index contributed by atoms with van der Waals surface area (Å²) in [4.78, 5) is 0. The van der Waals surface area contributed by atoms with Crippen molar-refractivity contribution in [2.45, 2.75) is 13.8 Å². The fraction of sp³-hybridized carbons (Fsp3) is 0.182. The van der Waals surface area contributed by atoms with Gasteiger partial charge >= 0.3 is 0 Å². The molecule has 0 amide bonds. The Morgan fingerprint density at radius 3 is 2.18 bits per heavy atom. The Balaban J connectivity index is 2.73. The highest BCUT2D eigenvalue weighted by Crippen LogP contribution is 2.26. The van der Waals surface area contributed by atoms with Crippen LogP contribution < -0.4 is 5.73 Å². The molecule has 0 radical (unpaired) electrons. The number of benzene rings is 1. The van der Waals surface area contributed by atoms with Gasteiger partial charge in [-0.2, -0.15) is 5.10 Å². The van der Waals surface area contributed by atoms with E-state index in [-0.39, 0.29) is 11.4 Å². The summed E-state index contributed by atoms with van der Waals surface area (Å²) in [5, 5.41) is 4.38. The van der Waals surface area contributed by atoms with Gasteiger partial charge in [0.1, 0.15) is 5.69 Å². The summed E-state index contributed by atoms with van der Waals surface area (Å²) in [5.41, 5.74) is 6.09. The van der Waals surface area contributed by atoms with E-state index in [9.17, 15) is 8.78 Å². The molecule has 2 aromatic rings. The summed E-state index contributed by atoms with van der Waals surface area (Å²) < 4.78 is 28.5. The van der Waals surface area contributed by atoms with E-state index in [2.05, 4.69) is 5.10 Å². The standard InChI is InChI=1S/C11H10ClF2N3/c1-5-10(12)6(2)17(16-5)11-8(13)3-7(15)4-9(11)14/h3-4H,15H2,1-2H3. The minimum atomic E-state index is -0.773. The van der Waals surface area contributed by atoms with Gasteiger partial charge in [-0.1, -0.05) is 11.6 Å². The number of halogens is 3. The minimum Gasteiger partial charge on any atom is -0.399 e. The van der Waals surface area contributed by atoms with E-state index in [1.165, 1.54) is 0 Å². The molecule has 1 aromatic heterocycles. The van der Waals surface area contributed by atoms with Gasteiger partial charge in [-0.3, -0.25) is 0 Å². The SMILES string of the molecule is Cc1nn(-c2c(F)cc(N)cc2F)c(C)c1Cl. The van der Waals surface area contributed by atoms with E-state index in [4.69, 9.17) is 17.3 Å². The molecule has 0 aliphatic heterocycles. The Morgan fingerprint density at radius 1 is 1.24 bits per heavy atom. The lowest BCUT2D eigenvalue weighted by Crippen LogP contribution is -2.06. The average Bonchev–Trinajstić information content (AvgIpc) is 2.45. The first-order valence-electron chi connectivity index (χ1n) is 4.88. The van der Waals surface area contributed by atoms with Crippen LogP contribution in [-0.4, -0.2) is 9.78 Å². The highest BCUT2D eigenvalue weighted by atomic mass is 35.5. The normalized spacial score (nSPS) is 10.9. The molecule has 90 valence electrons. The third-order valence-electron chi connectivity index (χ3n) is 2.45. The van der Waals surface area contributed by atoms with Gasteiger partial charge < -0.3 is 5.73 Å². The molecule has 3 nitrogen and oxygen atoms in total. The van der Waals surface area contributed by atoms with Crippen LogP contribution in [0, 0.1) is 25.5 Å². The minimum absolute atomic E-state index is 0.0244. The molecule has 0 saturated heterocycles. The van der Waals surface area contributed by atoms with Crippen LogP contribution in [0.25, 0.3) is 5.69 Å². The molecule has 0 saturated carbocycles. The highest BCUT2D eigenvalue weighted by molar-refractivity contribution is 6.31. The van der Waals surface area contributed by atoms with Crippen LogP contribution in [0.5, 0.6) is 0 Å². The second-order valence-electron chi connectivity index (χ2n) is 3.73. The van der Waals surface area contributed by atoms with Crippen LogP contribution in [0.3, 0.4) is 0 Å². The Morgan fingerprint density at radius 2 is 1.76 bits per heavy atom. The van der Waals surface area contributed by atoms with Crippen molar-refractivity contribution in [3.63, 3.8) is 0 Å². The van der Waals surface area contributed by atoms with Crippen molar-refractivity contribution >= 4 is 17.3 Å². The van der Waals surface area contributed by atoms with Crippen molar-refractivity contribution in [2.24, 2.45) is 0 Å². The van der Waals surface area contributed by atoms with Crippen molar-refractivity contribution in [3.05, 3.63) is 40.2 Å². The zero-order valence-electron chi connectivity index (χ0n) is 9.26. The van der Waals surface area contributed by atoms with Gasteiger partial charge in [0.05, 0.1) is 16.4 Å². The number of anilines is 1. The predicted molar refractivity (Wildman–Crippen MR) is 62.4 cm³/mol. The second kappa shape index (κ2) is 4.00. The summed E-state index contributed by atoms with van der Waals surface area (Å²) in [6.07, 6.45) is 0. The number of aryl methyl sites for hydroxylation is 1. The molecule has 0 aliphatic rings. The lowest BCUT2D eigenvalue weighted by atomic mass is 10.2. The molecular weight excluding hydrogens is 248 g/mol. The summed E-state index contributed by atoms with van der Waals surface area (Å²) in [7, 11) is 0. The van der Waals surface area contributed by atoms with Crippen LogP contribution in [0.15, 0.2) is 12.1 Å². The maximum atomic E-state index is 13.7. The van der Waals surface area contributed by atoms with Crippen LogP contribution in [0.4, 0.5) is 14.5 Å². The second-order valence-corrected chi connectivity index (χ2v) is 4.11. The smallest absolute Gasteiger partial charge is 0.153 e. The van der Waals surface area contributed by atoms with E-state index < -0.39 is 11.6 Å². The number of hydrogen-bond donors (Lipinski definition) is 1. The van der Waals surface area contributed by atoms with Crippen LogP contribution in [-0.2, 0) is 0 Å². The monoisotopic (exact) mass is 257 g/mol.